The third kappa shape index (κ3) is 4.10. The van der Waals surface area contributed by atoms with Crippen molar-refractivity contribution < 1.29 is 9.59 Å². The first-order valence-electron chi connectivity index (χ1n) is 5.94. The topological polar surface area (TPSA) is 86.9 Å². The first-order chi connectivity index (χ1) is 9.65. The molecule has 1 aromatic heterocycles. The average molecular weight is 293 g/mol. The molecular formula is C13H13ClN4O2. The quantitative estimate of drug-likeness (QED) is 0.771. The van der Waals surface area contributed by atoms with Gasteiger partial charge < -0.3 is 15.6 Å². The monoisotopic (exact) mass is 292 g/mol. The first kappa shape index (κ1) is 14.1. The number of hydrogen-bond acceptors (Lipinski definition) is 3. The Kier molecular flexibility index (Phi) is 4.73. The van der Waals surface area contributed by atoms with Gasteiger partial charge in [0.2, 0.25) is 5.91 Å². The van der Waals surface area contributed by atoms with Crippen LogP contribution in [0.25, 0.3) is 0 Å². The van der Waals surface area contributed by atoms with Crippen LogP contribution in [-0.2, 0) is 11.3 Å². The summed E-state index contributed by atoms with van der Waals surface area (Å²) in [5.41, 5.74) is 0.413. The van der Waals surface area contributed by atoms with Crippen molar-refractivity contribution in [2.24, 2.45) is 0 Å². The first-order valence-corrected chi connectivity index (χ1v) is 6.31. The molecule has 7 heteroatoms. The van der Waals surface area contributed by atoms with E-state index in [2.05, 4.69) is 20.6 Å². The van der Waals surface area contributed by atoms with Gasteiger partial charge in [0, 0.05) is 23.0 Å². The fourth-order valence-corrected chi connectivity index (χ4v) is 1.72. The third-order valence-corrected chi connectivity index (χ3v) is 2.74. The van der Waals surface area contributed by atoms with E-state index in [9.17, 15) is 9.59 Å². The lowest BCUT2D eigenvalue weighted by Crippen LogP contribution is -2.36. The van der Waals surface area contributed by atoms with Crippen molar-refractivity contribution in [3.05, 3.63) is 53.1 Å². The van der Waals surface area contributed by atoms with Crippen LogP contribution >= 0.6 is 11.6 Å². The molecule has 20 heavy (non-hydrogen) atoms. The molecule has 0 bridgehead atoms. The molecule has 0 fully saturated rings. The predicted molar refractivity (Wildman–Crippen MR) is 74.2 cm³/mol. The highest BCUT2D eigenvalue weighted by atomic mass is 35.5. The Morgan fingerprint density at radius 1 is 1.30 bits per heavy atom. The third-order valence-electron chi connectivity index (χ3n) is 2.50. The highest BCUT2D eigenvalue weighted by molar-refractivity contribution is 6.30. The average Bonchev–Trinajstić information content (AvgIpc) is 2.95. The highest BCUT2D eigenvalue weighted by Gasteiger charge is 2.08. The number of nitrogens with zero attached hydrogens (tertiary/aromatic N) is 1. The van der Waals surface area contributed by atoms with Crippen LogP contribution in [0.4, 0.5) is 0 Å². The summed E-state index contributed by atoms with van der Waals surface area (Å²) in [6.07, 6.45) is 3.27. The van der Waals surface area contributed by atoms with Crippen LogP contribution in [-0.4, -0.2) is 28.3 Å². The molecule has 2 aromatic rings. The maximum Gasteiger partial charge on any atom is 0.251 e. The zero-order valence-corrected chi connectivity index (χ0v) is 11.3. The van der Waals surface area contributed by atoms with E-state index in [0.717, 1.165) is 0 Å². The number of halogens is 1. The van der Waals surface area contributed by atoms with Gasteiger partial charge in [-0.05, 0) is 18.2 Å². The molecule has 1 aromatic carbocycles. The van der Waals surface area contributed by atoms with Crippen molar-refractivity contribution >= 4 is 23.4 Å². The van der Waals surface area contributed by atoms with Gasteiger partial charge in [-0.1, -0.05) is 17.7 Å². The Morgan fingerprint density at radius 3 is 2.85 bits per heavy atom. The number of aromatic nitrogens is 2. The van der Waals surface area contributed by atoms with Crippen molar-refractivity contribution in [3.8, 4) is 0 Å². The molecule has 0 radical (unpaired) electrons. The van der Waals surface area contributed by atoms with Gasteiger partial charge in [-0.2, -0.15) is 0 Å². The van der Waals surface area contributed by atoms with Gasteiger partial charge in [0.05, 0.1) is 13.1 Å². The van der Waals surface area contributed by atoms with Crippen LogP contribution < -0.4 is 10.6 Å². The number of benzene rings is 1. The molecule has 0 saturated heterocycles. The van der Waals surface area contributed by atoms with Gasteiger partial charge in [-0.3, -0.25) is 9.59 Å². The predicted octanol–water partition coefficient (Wildman–Crippen LogP) is 1.11. The van der Waals surface area contributed by atoms with E-state index in [0.29, 0.717) is 23.0 Å². The molecule has 104 valence electrons. The summed E-state index contributed by atoms with van der Waals surface area (Å²) in [5, 5.41) is 5.62. The van der Waals surface area contributed by atoms with Gasteiger partial charge in [-0.25, -0.2) is 4.98 Å². The number of carbonyl (C=O) groups excluding carboxylic acids is 2. The van der Waals surface area contributed by atoms with Crippen LogP contribution in [0.1, 0.15) is 16.2 Å². The lowest BCUT2D eigenvalue weighted by Gasteiger charge is -2.06. The Morgan fingerprint density at radius 2 is 2.15 bits per heavy atom. The van der Waals surface area contributed by atoms with E-state index in [1.165, 1.54) is 6.07 Å². The maximum absolute atomic E-state index is 11.8. The summed E-state index contributed by atoms with van der Waals surface area (Å²) in [5.74, 6) is 0.0111. The second-order valence-electron chi connectivity index (χ2n) is 4.01. The SMILES string of the molecule is O=C(CNC(=O)c1cccc(Cl)c1)NCc1ncc[nH]1. The standard InChI is InChI=1S/C13H13ClN4O2/c14-10-3-1-2-9(6-10)13(20)18-8-12(19)17-7-11-15-4-5-16-11/h1-6H,7-8H2,(H,15,16)(H,17,19)(H,18,20). The van der Waals surface area contributed by atoms with Gasteiger partial charge in [0.15, 0.2) is 0 Å². The number of H-pyrrole nitrogens is 1. The number of nitrogens with one attached hydrogen (secondary N) is 3. The van der Waals surface area contributed by atoms with Crippen molar-refractivity contribution in [3.63, 3.8) is 0 Å². The van der Waals surface area contributed by atoms with Crippen molar-refractivity contribution in [2.45, 2.75) is 6.54 Å². The van der Waals surface area contributed by atoms with E-state index >= 15 is 0 Å². The molecular weight excluding hydrogens is 280 g/mol. The molecule has 0 aliphatic carbocycles. The zero-order chi connectivity index (χ0) is 14.4. The number of aromatic amines is 1. The Labute approximate surface area is 120 Å². The number of hydrogen-bond donors (Lipinski definition) is 3. The fourth-order valence-electron chi connectivity index (χ4n) is 1.53. The second-order valence-corrected chi connectivity index (χ2v) is 4.44. The Balaban J connectivity index is 1.77. The summed E-state index contributed by atoms with van der Waals surface area (Å²) in [7, 11) is 0. The second kappa shape index (κ2) is 6.72. The molecule has 6 nitrogen and oxygen atoms in total. The maximum atomic E-state index is 11.8. The van der Waals surface area contributed by atoms with Crippen molar-refractivity contribution in [2.75, 3.05) is 6.54 Å². The van der Waals surface area contributed by atoms with E-state index in [1.807, 2.05) is 0 Å². The minimum Gasteiger partial charge on any atom is -0.347 e. The van der Waals surface area contributed by atoms with Gasteiger partial charge in [-0.15, -0.1) is 0 Å². The summed E-state index contributed by atoms with van der Waals surface area (Å²) in [4.78, 5) is 30.1. The van der Waals surface area contributed by atoms with Gasteiger partial charge >= 0.3 is 0 Å². The number of imidazole rings is 1. The molecule has 0 aliphatic heterocycles. The molecule has 2 rings (SSSR count). The smallest absolute Gasteiger partial charge is 0.251 e. The fraction of sp³-hybridized carbons (Fsp3) is 0.154. The number of rotatable bonds is 5. The van der Waals surface area contributed by atoms with Gasteiger partial charge in [0.1, 0.15) is 5.82 Å². The van der Waals surface area contributed by atoms with Crippen LogP contribution in [0.15, 0.2) is 36.7 Å². The molecule has 1 heterocycles. The molecule has 0 spiro atoms. The Bertz CT molecular complexity index is 598. The van der Waals surface area contributed by atoms with E-state index in [1.54, 1.807) is 30.6 Å². The number of amides is 2. The summed E-state index contributed by atoms with van der Waals surface area (Å²) < 4.78 is 0. The van der Waals surface area contributed by atoms with Crippen LogP contribution in [0.3, 0.4) is 0 Å². The minimum atomic E-state index is -0.347. The molecule has 0 aliphatic rings. The van der Waals surface area contributed by atoms with Crippen LogP contribution in [0.2, 0.25) is 5.02 Å². The lowest BCUT2D eigenvalue weighted by molar-refractivity contribution is -0.120. The van der Waals surface area contributed by atoms with Gasteiger partial charge in [0.25, 0.3) is 5.91 Å². The van der Waals surface area contributed by atoms with E-state index < -0.39 is 0 Å². The van der Waals surface area contributed by atoms with E-state index in [4.69, 9.17) is 11.6 Å². The summed E-state index contributed by atoms with van der Waals surface area (Å²) in [6, 6.07) is 6.52. The number of carbonyl (C=O) groups is 2. The normalized spacial score (nSPS) is 10.1. The van der Waals surface area contributed by atoms with Crippen molar-refractivity contribution in [1.29, 1.82) is 0 Å². The molecule has 0 atom stereocenters. The highest BCUT2D eigenvalue weighted by Crippen LogP contribution is 2.10. The van der Waals surface area contributed by atoms with Crippen molar-refractivity contribution in [1.82, 2.24) is 20.6 Å². The molecule has 0 unspecified atom stereocenters. The van der Waals surface area contributed by atoms with E-state index in [-0.39, 0.29) is 18.4 Å². The Hall–Kier alpha value is -2.34. The molecule has 0 saturated carbocycles. The lowest BCUT2D eigenvalue weighted by atomic mass is 10.2. The molecule has 2 amide bonds. The minimum absolute atomic E-state index is 0.105. The summed E-state index contributed by atoms with van der Waals surface area (Å²) >= 11 is 5.79. The van der Waals surface area contributed by atoms with Crippen LogP contribution in [0, 0.1) is 0 Å². The largest absolute Gasteiger partial charge is 0.347 e. The van der Waals surface area contributed by atoms with Crippen LogP contribution in [0.5, 0.6) is 0 Å². The summed E-state index contributed by atoms with van der Waals surface area (Å²) in [6.45, 7) is 0.185. The molecule has 3 N–H and O–H groups in total. The zero-order valence-electron chi connectivity index (χ0n) is 10.5.